The van der Waals surface area contributed by atoms with E-state index in [2.05, 4.69) is 4.74 Å². The molecule has 6 nitrogen and oxygen atoms in total. The van der Waals surface area contributed by atoms with Gasteiger partial charge in [-0.05, 0) is 24.3 Å². The zero-order chi connectivity index (χ0) is 13.8. The van der Waals surface area contributed by atoms with Crippen LogP contribution in [0.15, 0.2) is 24.3 Å². The molecule has 1 aliphatic rings. The molecule has 1 fully saturated rings. The smallest absolute Gasteiger partial charge is 0.337 e. The van der Waals surface area contributed by atoms with E-state index in [-0.39, 0.29) is 0 Å². The second-order valence-electron chi connectivity index (χ2n) is 4.18. The van der Waals surface area contributed by atoms with Crippen LogP contribution in [0.4, 0.5) is 5.69 Å². The highest BCUT2D eigenvalue weighted by Gasteiger charge is 2.26. The molecule has 0 bridgehead atoms. The number of aliphatic carboxylic acids is 1. The molecular weight excluding hydrogens is 250 g/mol. The summed E-state index contributed by atoms with van der Waals surface area (Å²) in [7, 11) is 1.33. The van der Waals surface area contributed by atoms with Crippen molar-refractivity contribution in [3.8, 4) is 0 Å². The topological polar surface area (TPSA) is 76.1 Å². The van der Waals surface area contributed by atoms with Crippen molar-refractivity contribution in [1.82, 2.24) is 0 Å². The molecule has 0 spiro atoms. The zero-order valence-electron chi connectivity index (χ0n) is 10.5. The van der Waals surface area contributed by atoms with Crippen molar-refractivity contribution in [1.29, 1.82) is 0 Å². The normalized spacial score (nSPS) is 19.0. The summed E-state index contributed by atoms with van der Waals surface area (Å²) in [5, 5.41) is 8.94. The molecule has 1 N–H and O–H groups in total. The fourth-order valence-electron chi connectivity index (χ4n) is 1.96. The Morgan fingerprint density at radius 3 is 2.63 bits per heavy atom. The van der Waals surface area contributed by atoms with Crippen molar-refractivity contribution in [2.75, 3.05) is 31.7 Å². The van der Waals surface area contributed by atoms with E-state index in [0.717, 1.165) is 5.69 Å². The van der Waals surface area contributed by atoms with Crippen LogP contribution in [-0.4, -0.2) is 50.0 Å². The Balaban J connectivity index is 2.09. The van der Waals surface area contributed by atoms with E-state index >= 15 is 0 Å². The number of morpholine rings is 1. The third-order valence-electron chi connectivity index (χ3n) is 3.00. The van der Waals surface area contributed by atoms with Gasteiger partial charge in [0.15, 0.2) is 6.10 Å². The fourth-order valence-corrected chi connectivity index (χ4v) is 1.96. The van der Waals surface area contributed by atoms with Gasteiger partial charge in [0.1, 0.15) is 0 Å². The Morgan fingerprint density at radius 2 is 2.05 bits per heavy atom. The number of methoxy groups -OCH3 is 1. The maximum absolute atomic E-state index is 11.3. The number of hydrogen-bond donors (Lipinski definition) is 1. The lowest BCUT2D eigenvalue weighted by Gasteiger charge is -2.32. The number of carboxylic acids is 1. The summed E-state index contributed by atoms with van der Waals surface area (Å²) in [6, 6.07) is 6.87. The van der Waals surface area contributed by atoms with Crippen LogP contribution in [0, 0.1) is 0 Å². The van der Waals surface area contributed by atoms with Gasteiger partial charge in [-0.15, -0.1) is 0 Å². The second kappa shape index (κ2) is 5.71. The Kier molecular flexibility index (Phi) is 4.01. The second-order valence-corrected chi connectivity index (χ2v) is 4.18. The van der Waals surface area contributed by atoms with Gasteiger partial charge in [-0.1, -0.05) is 0 Å². The Bertz CT molecular complexity index is 470. The number of anilines is 1. The molecule has 1 saturated heterocycles. The maximum atomic E-state index is 11.3. The lowest BCUT2D eigenvalue weighted by Crippen LogP contribution is -2.46. The summed E-state index contributed by atoms with van der Waals surface area (Å²) >= 11 is 0. The van der Waals surface area contributed by atoms with Crippen LogP contribution in [-0.2, 0) is 14.3 Å². The molecule has 0 aromatic heterocycles. The monoisotopic (exact) mass is 265 g/mol. The predicted octanol–water partition coefficient (Wildman–Crippen LogP) is 0.763. The largest absolute Gasteiger partial charge is 0.479 e. The van der Waals surface area contributed by atoms with Crippen molar-refractivity contribution in [3.05, 3.63) is 29.8 Å². The van der Waals surface area contributed by atoms with Gasteiger partial charge in [-0.25, -0.2) is 9.59 Å². The highest BCUT2D eigenvalue weighted by atomic mass is 16.5. The third kappa shape index (κ3) is 3.03. The van der Waals surface area contributed by atoms with Gasteiger partial charge >= 0.3 is 11.9 Å². The number of rotatable bonds is 3. The minimum absolute atomic E-state index is 0.299. The van der Waals surface area contributed by atoms with Crippen LogP contribution >= 0.6 is 0 Å². The average Bonchev–Trinajstić information content (AvgIpc) is 2.46. The van der Waals surface area contributed by atoms with E-state index in [1.54, 1.807) is 24.3 Å². The van der Waals surface area contributed by atoms with Crippen molar-refractivity contribution < 1.29 is 24.2 Å². The molecule has 0 radical (unpaired) electrons. The van der Waals surface area contributed by atoms with Gasteiger partial charge in [0.05, 0.1) is 25.8 Å². The van der Waals surface area contributed by atoms with Gasteiger partial charge in [0.25, 0.3) is 0 Å². The van der Waals surface area contributed by atoms with Crippen molar-refractivity contribution in [3.63, 3.8) is 0 Å². The van der Waals surface area contributed by atoms with Gasteiger partial charge in [-0.3, -0.25) is 0 Å². The van der Waals surface area contributed by atoms with Crippen LogP contribution in [0.25, 0.3) is 0 Å². The molecule has 1 unspecified atom stereocenters. The summed E-state index contributed by atoms with van der Waals surface area (Å²) in [6.45, 7) is 1.30. The highest BCUT2D eigenvalue weighted by molar-refractivity contribution is 5.89. The lowest BCUT2D eigenvalue weighted by molar-refractivity contribution is -0.150. The number of carbonyl (C=O) groups is 2. The van der Waals surface area contributed by atoms with E-state index < -0.39 is 18.0 Å². The SMILES string of the molecule is COC(=O)c1ccc(N2CCOC(C(=O)O)C2)cc1. The predicted molar refractivity (Wildman–Crippen MR) is 67.4 cm³/mol. The van der Waals surface area contributed by atoms with Gasteiger partial charge in [0, 0.05) is 12.2 Å². The molecule has 0 amide bonds. The van der Waals surface area contributed by atoms with Crippen LogP contribution in [0.1, 0.15) is 10.4 Å². The van der Waals surface area contributed by atoms with E-state index in [0.29, 0.717) is 25.3 Å². The first-order valence-electron chi connectivity index (χ1n) is 5.89. The first-order valence-corrected chi connectivity index (χ1v) is 5.89. The molecule has 6 heteroatoms. The Hall–Kier alpha value is -2.08. The lowest BCUT2D eigenvalue weighted by atomic mass is 10.1. The zero-order valence-corrected chi connectivity index (χ0v) is 10.5. The molecule has 102 valence electrons. The Morgan fingerprint density at radius 1 is 1.37 bits per heavy atom. The maximum Gasteiger partial charge on any atom is 0.337 e. The summed E-state index contributed by atoms with van der Waals surface area (Å²) < 4.78 is 9.78. The summed E-state index contributed by atoms with van der Waals surface area (Å²) in [5.74, 6) is -1.35. The molecule has 19 heavy (non-hydrogen) atoms. The van der Waals surface area contributed by atoms with E-state index in [1.807, 2.05) is 4.90 Å². The minimum Gasteiger partial charge on any atom is -0.479 e. The number of esters is 1. The molecule has 1 atom stereocenters. The van der Waals surface area contributed by atoms with Crippen molar-refractivity contribution in [2.45, 2.75) is 6.10 Å². The number of hydrogen-bond acceptors (Lipinski definition) is 5. The number of ether oxygens (including phenoxy) is 2. The average molecular weight is 265 g/mol. The van der Waals surface area contributed by atoms with Crippen LogP contribution in [0.3, 0.4) is 0 Å². The minimum atomic E-state index is -0.962. The molecule has 2 rings (SSSR count). The van der Waals surface area contributed by atoms with Crippen LogP contribution < -0.4 is 4.90 Å². The summed E-state index contributed by atoms with van der Waals surface area (Å²) in [6.07, 6.45) is -0.811. The number of nitrogens with zero attached hydrogens (tertiary/aromatic N) is 1. The summed E-state index contributed by atoms with van der Waals surface area (Å²) in [5.41, 5.74) is 1.33. The molecule has 0 aliphatic carbocycles. The first kappa shape index (κ1) is 13.4. The third-order valence-corrected chi connectivity index (χ3v) is 3.00. The molecule has 1 heterocycles. The van der Waals surface area contributed by atoms with E-state index in [9.17, 15) is 9.59 Å². The van der Waals surface area contributed by atoms with Crippen LogP contribution in [0.5, 0.6) is 0 Å². The van der Waals surface area contributed by atoms with Crippen molar-refractivity contribution in [2.24, 2.45) is 0 Å². The summed E-state index contributed by atoms with van der Waals surface area (Å²) in [4.78, 5) is 24.1. The molecular formula is C13H15NO5. The standard InChI is InChI=1S/C13H15NO5/c1-18-13(17)9-2-4-10(5-3-9)14-6-7-19-11(8-14)12(15)16/h2-5,11H,6-8H2,1H3,(H,15,16). The Labute approximate surface area is 110 Å². The molecule has 1 aromatic carbocycles. The highest BCUT2D eigenvalue weighted by Crippen LogP contribution is 2.19. The van der Waals surface area contributed by atoms with E-state index in [4.69, 9.17) is 9.84 Å². The quantitative estimate of drug-likeness (QED) is 0.813. The van der Waals surface area contributed by atoms with Crippen molar-refractivity contribution >= 4 is 17.6 Å². The number of carboxylic acid groups (broad SMARTS) is 1. The van der Waals surface area contributed by atoms with Gasteiger partial charge in [-0.2, -0.15) is 0 Å². The molecule has 1 aromatic rings. The first-order chi connectivity index (χ1) is 9.11. The number of carbonyl (C=O) groups excluding carboxylic acids is 1. The van der Waals surface area contributed by atoms with Gasteiger partial charge < -0.3 is 19.5 Å². The molecule has 1 aliphatic heterocycles. The van der Waals surface area contributed by atoms with Gasteiger partial charge in [0.2, 0.25) is 0 Å². The van der Waals surface area contributed by atoms with Crippen LogP contribution in [0.2, 0.25) is 0 Å². The molecule has 0 saturated carbocycles. The fraction of sp³-hybridized carbons (Fsp3) is 0.385. The number of benzene rings is 1. The van der Waals surface area contributed by atoms with E-state index in [1.165, 1.54) is 7.11 Å².